The molecule has 0 heterocycles. The number of amides is 1. The van der Waals surface area contributed by atoms with Gasteiger partial charge in [-0.05, 0) is 26.3 Å². The summed E-state index contributed by atoms with van der Waals surface area (Å²) in [6.07, 6.45) is 0.287. The van der Waals surface area contributed by atoms with Gasteiger partial charge in [-0.15, -0.1) is 0 Å². The molecule has 0 aliphatic heterocycles. The van der Waals surface area contributed by atoms with Gasteiger partial charge in [0.2, 0.25) is 0 Å². The van der Waals surface area contributed by atoms with Crippen molar-refractivity contribution in [2.24, 2.45) is 0 Å². The van der Waals surface area contributed by atoms with Gasteiger partial charge < -0.3 is 10.4 Å². The van der Waals surface area contributed by atoms with Crippen LogP contribution in [0.25, 0.3) is 0 Å². The topological polar surface area (TPSA) is 92.5 Å². The average Bonchev–Trinajstić information content (AvgIpc) is 2.28. The summed E-state index contributed by atoms with van der Waals surface area (Å²) in [5, 5.41) is 22.0. The number of nitrogens with one attached hydrogen (secondary N) is 1. The maximum absolute atomic E-state index is 13.5. The number of rotatable bonds is 5. The first kappa shape index (κ1) is 15.0. The standard InChI is InChI=1S/C12H15FN2O4/c1-12(2,5-6-16)14-11(17)9-7-8(15(18)19)3-4-10(9)13/h3-4,7,16H,5-6H2,1-2H3,(H,14,17). The third kappa shape index (κ3) is 3.99. The Morgan fingerprint density at radius 1 is 1.53 bits per heavy atom. The molecule has 7 heteroatoms. The van der Waals surface area contributed by atoms with Crippen molar-refractivity contribution in [1.82, 2.24) is 5.32 Å². The van der Waals surface area contributed by atoms with Crippen molar-refractivity contribution in [3.63, 3.8) is 0 Å². The second-order valence-corrected chi connectivity index (χ2v) is 4.73. The molecule has 0 aromatic heterocycles. The Morgan fingerprint density at radius 3 is 2.68 bits per heavy atom. The number of nitrogens with zero attached hydrogens (tertiary/aromatic N) is 1. The largest absolute Gasteiger partial charge is 0.396 e. The summed E-state index contributed by atoms with van der Waals surface area (Å²) in [5.41, 5.74) is -1.48. The van der Waals surface area contributed by atoms with E-state index in [0.717, 1.165) is 18.2 Å². The molecule has 1 rings (SSSR count). The summed E-state index contributed by atoms with van der Waals surface area (Å²) >= 11 is 0. The molecule has 1 amide bonds. The molecule has 0 bridgehead atoms. The molecule has 0 saturated heterocycles. The minimum atomic E-state index is -0.831. The molecule has 104 valence electrons. The maximum Gasteiger partial charge on any atom is 0.270 e. The highest BCUT2D eigenvalue weighted by atomic mass is 19.1. The molecule has 6 nitrogen and oxygen atoms in total. The van der Waals surface area contributed by atoms with Crippen molar-refractivity contribution < 1.29 is 19.2 Å². The number of carbonyl (C=O) groups is 1. The molecule has 0 unspecified atom stereocenters. The monoisotopic (exact) mass is 270 g/mol. The van der Waals surface area contributed by atoms with Crippen LogP contribution in [0.5, 0.6) is 0 Å². The highest BCUT2D eigenvalue weighted by Crippen LogP contribution is 2.18. The summed E-state index contributed by atoms with van der Waals surface area (Å²) in [6.45, 7) is 3.19. The number of hydrogen-bond acceptors (Lipinski definition) is 4. The lowest BCUT2D eigenvalue weighted by Crippen LogP contribution is -2.44. The summed E-state index contributed by atoms with van der Waals surface area (Å²) < 4.78 is 13.5. The summed E-state index contributed by atoms with van der Waals surface area (Å²) in [5.74, 6) is -1.58. The van der Waals surface area contributed by atoms with E-state index < -0.39 is 22.2 Å². The van der Waals surface area contributed by atoms with E-state index in [1.165, 1.54) is 0 Å². The van der Waals surface area contributed by atoms with Gasteiger partial charge >= 0.3 is 0 Å². The molecule has 0 saturated carbocycles. The van der Waals surface area contributed by atoms with E-state index in [0.29, 0.717) is 0 Å². The van der Waals surface area contributed by atoms with Crippen molar-refractivity contribution >= 4 is 11.6 Å². The van der Waals surface area contributed by atoms with Crippen LogP contribution in [0.2, 0.25) is 0 Å². The van der Waals surface area contributed by atoms with Gasteiger partial charge in [-0.25, -0.2) is 4.39 Å². The Hall–Kier alpha value is -2.02. The molecule has 2 N–H and O–H groups in total. The second-order valence-electron chi connectivity index (χ2n) is 4.73. The van der Waals surface area contributed by atoms with Crippen LogP contribution in [0, 0.1) is 15.9 Å². The van der Waals surface area contributed by atoms with Crippen LogP contribution in [0.15, 0.2) is 18.2 Å². The number of hydrogen-bond donors (Lipinski definition) is 2. The van der Waals surface area contributed by atoms with E-state index in [9.17, 15) is 19.3 Å². The maximum atomic E-state index is 13.5. The van der Waals surface area contributed by atoms with Crippen LogP contribution < -0.4 is 5.32 Å². The van der Waals surface area contributed by atoms with E-state index in [4.69, 9.17) is 5.11 Å². The number of carbonyl (C=O) groups excluding carboxylic acids is 1. The first-order chi connectivity index (χ1) is 8.76. The van der Waals surface area contributed by atoms with Crippen LogP contribution >= 0.6 is 0 Å². The predicted octanol–water partition coefficient (Wildman–Crippen LogP) is 1.62. The fourth-order valence-electron chi connectivity index (χ4n) is 1.52. The molecular weight excluding hydrogens is 255 g/mol. The van der Waals surface area contributed by atoms with Crippen LogP contribution in [0.4, 0.5) is 10.1 Å². The fourth-order valence-corrected chi connectivity index (χ4v) is 1.52. The van der Waals surface area contributed by atoms with E-state index in [2.05, 4.69) is 5.32 Å². The molecule has 0 aliphatic carbocycles. The van der Waals surface area contributed by atoms with Crippen LogP contribution in [-0.2, 0) is 0 Å². The Kier molecular flexibility index (Phi) is 4.55. The van der Waals surface area contributed by atoms with Crippen molar-refractivity contribution in [1.29, 1.82) is 0 Å². The zero-order chi connectivity index (χ0) is 14.6. The van der Waals surface area contributed by atoms with Gasteiger partial charge in [-0.2, -0.15) is 0 Å². The molecule has 0 aliphatic rings. The molecule has 0 atom stereocenters. The van der Waals surface area contributed by atoms with Crippen molar-refractivity contribution in [3.8, 4) is 0 Å². The van der Waals surface area contributed by atoms with Gasteiger partial charge in [0.25, 0.3) is 11.6 Å². The zero-order valence-electron chi connectivity index (χ0n) is 10.6. The Balaban J connectivity index is 2.99. The lowest BCUT2D eigenvalue weighted by atomic mass is 10.0. The summed E-state index contributed by atoms with van der Waals surface area (Å²) in [4.78, 5) is 21.8. The fraction of sp³-hybridized carbons (Fsp3) is 0.417. The van der Waals surface area contributed by atoms with E-state index >= 15 is 0 Å². The first-order valence-electron chi connectivity index (χ1n) is 5.64. The van der Waals surface area contributed by atoms with Gasteiger partial charge in [0.05, 0.1) is 10.5 Å². The minimum Gasteiger partial charge on any atom is -0.396 e. The molecular formula is C12H15FN2O4. The number of halogens is 1. The Labute approximate surface area is 109 Å². The third-order valence-corrected chi connectivity index (χ3v) is 2.59. The minimum absolute atomic E-state index is 0.134. The normalized spacial score (nSPS) is 11.2. The van der Waals surface area contributed by atoms with Crippen LogP contribution in [0.3, 0.4) is 0 Å². The highest BCUT2D eigenvalue weighted by Gasteiger charge is 2.23. The lowest BCUT2D eigenvalue weighted by molar-refractivity contribution is -0.384. The summed E-state index contributed by atoms with van der Waals surface area (Å²) in [7, 11) is 0. The van der Waals surface area contributed by atoms with Gasteiger partial charge in [0.1, 0.15) is 5.82 Å². The quantitative estimate of drug-likeness (QED) is 0.628. The number of aliphatic hydroxyl groups is 1. The first-order valence-corrected chi connectivity index (χ1v) is 5.64. The molecule has 1 aromatic carbocycles. The van der Waals surface area contributed by atoms with E-state index in [-0.39, 0.29) is 24.3 Å². The van der Waals surface area contributed by atoms with E-state index in [1.807, 2.05) is 0 Å². The number of aliphatic hydroxyl groups excluding tert-OH is 1. The van der Waals surface area contributed by atoms with Crippen molar-refractivity contribution in [2.45, 2.75) is 25.8 Å². The van der Waals surface area contributed by atoms with Crippen molar-refractivity contribution in [3.05, 3.63) is 39.7 Å². The smallest absolute Gasteiger partial charge is 0.270 e. The van der Waals surface area contributed by atoms with Crippen LogP contribution in [-0.4, -0.2) is 28.1 Å². The van der Waals surface area contributed by atoms with Gasteiger partial charge in [0, 0.05) is 24.3 Å². The lowest BCUT2D eigenvalue weighted by Gasteiger charge is -2.25. The van der Waals surface area contributed by atoms with E-state index in [1.54, 1.807) is 13.8 Å². The molecule has 19 heavy (non-hydrogen) atoms. The van der Waals surface area contributed by atoms with Gasteiger partial charge in [-0.3, -0.25) is 14.9 Å². The SMILES string of the molecule is CC(C)(CCO)NC(=O)c1cc([N+](=O)[O-])ccc1F. The average molecular weight is 270 g/mol. The summed E-state index contributed by atoms with van der Waals surface area (Å²) in [6, 6.07) is 2.76. The third-order valence-electron chi connectivity index (χ3n) is 2.59. The Morgan fingerprint density at radius 2 is 2.16 bits per heavy atom. The number of nitro benzene ring substituents is 1. The molecule has 0 spiro atoms. The highest BCUT2D eigenvalue weighted by molar-refractivity contribution is 5.95. The molecule has 0 radical (unpaired) electrons. The second kappa shape index (κ2) is 5.75. The number of benzene rings is 1. The van der Waals surface area contributed by atoms with Gasteiger partial charge in [-0.1, -0.05) is 0 Å². The number of nitro groups is 1. The number of non-ortho nitro benzene ring substituents is 1. The zero-order valence-corrected chi connectivity index (χ0v) is 10.6. The molecule has 0 fully saturated rings. The molecule has 1 aromatic rings. The predicted molar refractivity (Wildman–Crippen MR) is 66.3 cm³/mol. The van der Waals surface area contributed by atoms with Gasteiger partial charge in [0.15, 0.2) is 0 Å². The Bertz CT molecular complexity index is 503. The van der Waals surface area contributed by atoms with Crippen molar-refractivity contribution in [2.75, 3.05) is 6.61 Å². The van der Waals surface area contributed by atoms with Crippen LogP contribution in [0.1, 0.15) is 30.6 Å².